The van der Waals surface area contributed by atoms with E-state index in [1.807, 2.05) is 36.4 Å². The number of carboxylic acids is 1. The lowest BCUT2D eigenvalue weighted by Gasteiger charge is -2.19. The first kappa shape index (κ1) is 22.9. The van der Waals surface area contributed by atoms with Crippen LogP contribution in [0.25, 0.3) is 11.1 Å². The highest BCUT2D eigenvalue weighted by molar-refractivity contribution is 6.33. The monoisotopic (exact) mass is 490 g/mol. The summed E-state index contributed by atoms with van der Waals surface area (Å²) in [5.41, 5.74) is 4.80. The predicted molar refractivity (Wildman–Crippen MR) is 132 cm³/mol. The van der Waals surface area contributed by atoms with Crippen LogP contribution in [0.4, 0.5) is 10.5 Å². The van der Waals surface area contributed by atoms with Gasteiger partial charge in [0.25, 0.3) is 0 Å². The summed E-state index contributed by atoms with van der Waals surface area (Å²) in [6.07, 6.45) is 0.985. The highest BCUT2D eigenvalue weighted by Gasteiger charge is 2.38. The Bertz CT molecular complexity index is 1270. The van der Waals surface area contributed by atoms with Crippen LogP contribution in [0, 0.1) is 5.92 Å². The third-order valence-electron chi connectivity index (χ3n) is 6.46. The second-order valence-electron chi connectivity index (χ2n) is 8.77. The molecular weight excluding hydrogens is 468 g/mol. The van der Waals surface area contributed by atoms with Crippen LogP contribution in [0.2, 0.25) is 5.02 Å². The van der Waals surface area contributed by atoms with Crippen LogP contribution in [0.1, 0.15) is 40.2 Å². The van der Waals surface area contributed by atoms with Gasteiger partial charge in [0.2, 0.25) is 5.91 Å². The predicted octanol–water partition coefficient (Wildman–Crippen LogP) is 5.29. The average molecular weight is 491 g/mol. The molecule has 1 unspecified atom stereocenters. The fourth-order valence-electron chi connectivity index (χ4n) is 4.58. The molecule has 0 saturated heterocycles. The van der Waals surface area contributed by atoms with Gasteiger partial charge in [-0.1, -0.05) is 60.1 Å². The maximum atomic E-state index is 12.9. The zero-order chi connectivity index (χ0) is 24.5. The molecule has 3 aromatic rings. The summed E-state index contributed by atoms with van der Waals surface area (Å²) in [6.45, 7) is 0.158. The van der Waals surface area contributed by atoms with E-state index >= 15 is 0 Å². The van der Waals surface area contributed by atoms with E-state index in [2.05, 4.69) is 22.8 Å². The number of hydrogen-bond acceptors (Lipinski definition) is 4. The van der Waals surface area contributed by atoms with Gasteiger partial charge in [-0.2, -0.15) is 0 Å². The van der Waals surface area contributed by atoms with Crippen LogP contribution in [-0.4, -0.2) is 35.7 Å². The molecule has 1 saturated carbocycles. The first-order valence-corrected chi connectivity index (χ1v) is 11.8. The highest BCUT2D eigenvalue weighted by Crippen LogP contribution is 2.44. The standard InChI is InChI=1S/C27H23ClN2O5/c28-23-13-16(11-12-21(23)26(32)33)29-25(31)24(15-9-10-15)30-27(34)35-14-22-19-7-3-1-5-17(19)18-6-2-4-8-20(18)22/h1-8,11-13,15,22,24H,9-10,14H2,(H,29,31)(H,30,34)(H,32,33). The Morgan fingerprint density at radius 2 is 1.60 bits per heavy atom. The number of alkyl carbamates (subject to hydrolysis) is 1. The molecule has 3 N–H and O–H groups in total. The number of hydrogen-bond donors (Lipinski definition) is 3. The van der Waals surface area contributed by atoms with Crippen molar-refractivity contribution in [1.29, 1.82) is 0 Å². The minimum absolute atomic E-state index is 0.0165. The van der Waals surface area contributed by atoms with Crippen LogP contribution >= 0.6 is 11.6 Å². The number of fused-ring (bicyclic) bond motifs is 3. The lowest BCUT2D eigenvalue weighted by Crippen LogP contribution is -2.45. The lowest BCUT2D eigenvalue weighted by molar-refractivity contribution is -0.118. The molecule has 5 rings (SSSR count). The van der Waals surface area contributed by atoms with Crippen LogP contribution in [0.5, 0.6) is 0 Å². The van der Waals surface area contributed by atoms with Gasteiger partial charge < -0.3 is 20.5 Å². The van der Waals surface area contributed by atoms with E-state index in [-0.39, 0.29) is 29.0 Å². The molecule has 2 aliphatic carbocycles. The van der Waals surface area contributed by atoms with Gasteiger partial charge >= 0.3 is 12.1 Å². The van der Waals surface area contributed by atoms with Gasteiger partial charge in [0.15, 0.2) is 0 Å². The average Bonchev–Trinajstić information content (AvgIpc) is 3.63. The maximum absolute atomic E-state index is 12.9. The van der Waals surface area contributed by atoms with Gasteiger partial charge in [-0.05, 0) is 59.2 Å². The zero-order valence-corrected chi connectivity index (χ0v) is 19.4. The molecule has 2 aliphatic rings. The van der Waals surface area contributed by atoms with Crippen molar-refractivity contribution in [2.24, 2.45) is 5.92 Å². The third-order valence-corrected chi connectivity index (χ3v) is 6.77. The van der Waals surface area contributed by atoms with Gasteiger partial charge in [-0.15, -0.1) is 0 Å². The number of carbonyl (C=O) groups is 3. The Labute approximate surface area is 207 Å². The number of rotatable bonds is 7. The number of halogens is 1. The van der Waals surface area contributed by atoms with E-state index < -0.39 is 24.0 Å². The van der Waals surface area contributed by atoms with Crippen molar-refractivity contribution >= 4 is 35.3 Å². The fourth-order valence-corrected chi connectivity index (χ4v) is 4.84. The maximum Gasteiger partial charge on any atom is 0.407 e. The summed E-state index contributed by atoms with van der Waals surface area (Å²) in [5, 5.41) is 14.6. The largest absolute Gasteiger partial charge is 0.478 e. The summed E-state index contributed by atoms with van der Waals surface area (Å²) in [6, 6.07) is 19.6. The quantitative estimate of drug-likeness (QED) is 0.417. The Morgan fingerprint density at radius 1 is 0.971 bits per heavy atom. The van der Waals surface area contributed by atoms with Crippen LogP contribution in [0.3, 0.4) is 0 Å². The molecule has 8 heteroatoms. The summed E-state index contributed by atoms with van der Waals surface area (Å²) in [5.74, 6) is -1.61. The van der Waals surface area contributed by atoms with Crippen molar-refractivity contribution in [2.75, 3.05) is 11.9 Å². The minimum atomic E-state index is -1.15. The summed E-state index contributed by atoms with van der Waals surface area (Å²) in [7, 11) is 0. The van der Waals surface area contributed by atoms with Gasteiger partial charge in [-0.25, -0.2) is 9.59 Å². The molecule has 7 nitrogen and oxygen atoms in total. The van der Waals surface area contributed by atoms with Gasteiger partial charge in [0.05, 0.1) is 10.6 Å². The number of carboxylic acid groups (broad SMARTS) is 1. The number of nitrogens with one attached hydrogen (secondary N) is 2. The fraction of sp³-hybridized carbons (Fsp3) is 0.222. The van der Waals surface area contributed by atoms with Crippen molar-refractivity contribution in [2.45, 2.75) is 24.8 Å². The first-order valence-electron chi connectivity index (χ1n) is 11.4. The molecule has 1 atom stereocenters. The molecule has 1 fully saturated rings. The van der Waals surface area contributed by atoms with Gasteiger partial charge in [-0.3, -0.25) is 4.79 Å². The molecule has 0 spiro atoms. The Morgan fingerprint density at radius 3 is 2.17 bits per heavy atom. The van der Waals surface area contributed by atoms with Crippen LogP contribution in [0.15, 0.2) is 66.7 Å². The molecule has 3 aromatic carbocycles. The minimum Gasteiger partial charge on any atom is -0.478 e. The Kier molecular flexibility index (Phi) is 6.17. The van der Waals surface area contributed by atoms with E-state index in [1.165, 1.54) is 18.2 Å². The number of aromatic carboxylic acids is 1. The second kappa shape index (κ2) is 9.43. The Balaban J connectivity index is 1.24. The number of benzene rings is 3. The zero-order valence-electron chi connectivity index (χ0n) is 18.7. The van der Waals surface area contributed by atoms with Crippen LogP contribution in [-0.2, 0) is 9.53 Å². The third kappa shape index (κ3) is 4.72. The molecule has 0 radical (unpaired) electrons. The van der Waals surface area contributed by atoms with Crippen molar-refractivity contribution in [1.82, 2.24) is 5.32 Å². The van der Waals surface area contributed by atoms with Crippen molar-refractivity contribution in [3.05, 3.63) is 88.4 Å². The molecule has 0 aliphatic heterocycles. The highest BCUT2D eigenvalue weighted by atomic mass is 35.5. The first-order chi connectivity index (χ1) is 16.9. The number of ether oxygens (including phenoxy) is 1. The molecule has 0 heterocycles. The second-order valence-corrected chi connectivity index (χ2v) is 9.18. The van der Waals surface area contributed by atoms with Crippen molar-refractivity contribution in [3.8, 4) is 11.1 Å². The SMILES string of the molecule is O=C(NC(C(=O)Nc1ccc(C(=O)O)c(Cl)c1)C1CC1)OCC1c2ccccc2-c2ccccc21. The van der Waals surface area contributed by atoms with Crippen molar-refractivity contribution < 1.29 is 24.2 Å². The number of anilines is 1. The van der Waals surface area contributed by atoms with Gasteiger partial charge in [0.1, 0.15) is 12.6 Å². The summed E-state index contributed by atoms with van der Waals surface area (Å²) in [4.78, 5) is 36.7. The topological polar surface area (TPSA) is 105 Å². The van der Waals surface area contributed by atoms with Crippen LogP contribution < -0.4 is 10.6 Å². The summed E-state index contributed by atoms with van der Waals surface area (Å²) < 4.78 is 5.59. The van der Waals surface area contributed by atoms with E-state index in [9.17, 15) is 14.4 Å². The summed E-state index contributed by atoms with van der Waals surface area (Å²) >= 11 is 6.00. The van der Waals surface area contributed by atoms with Crippen molar-refractivity contribution in [3.63, 3.8) is 0 Å². The molecular formula is C27H23ClN2O5. The lowest BCUT2D eigenvalue weighted by atomic mass is 9.98. The molecule has 178 valence electrons. The molecule has 35 heavy (non-hydrogen) atoms. The van der Waals surface area contributed by atoms with Gasteiger partial charge in [0, 0.05) is 11.6 Å². The Hall–Kier alpha value is -3.84. The normalized spacial score (nSPS) is 15.0. The molecule has 2 amide bonds. The number of carbonyl (C=O) groups excluding carboxylic acids is 2. The number of amides is 2. The van der Waals surface area contributed by atoms with E-state index in [4.69, 9.17) is 21.4 Å². The molecule has 0 bridgehead atoms. The van der Waals surface area contributed by atoms with E-state index in [0.717, 1.165) is 35.1 Å². The smallest absolute Gasteiger partial charge is 0.407 e. The molecule has 0 aromatic heterocycles. The van der Waals surface area contributed by atoms with E-state index in [1.54, 1.807) is 0 Å². The van der Waals surface area contributed by atoms with E-state index in [0.29, 0.717) is 5.69 Å².